The summed E-state index contributed by atoms with van der Waals surface area (Å²) in [6, 6.07) is 19.8. The Hall–Kier alpha value is -4.30. The summed E-state index contributed by atoms with van der Waals surface area (Å²) in [6.07, 6.45) is 2.83. The van der Waals surface area contributed by atoms with Crippen LogP contribution >= 0.6 is 11.6 Å². The molecule has 0 fully saturated rings. The standard InChI is InChI=1S/C24H17ClN4O4/c25-17-10-11-21(29-15-26-14-27-29)20(12-17)28-22(30)13-33-24(32)19-9-5-4-8-18(19)23(31)16-6-2-1-3-7-16/h1-12,14-15H,13H2,(H,28,30). The number of carbonyl (C=O) groups is 3. The number of rotatable bonds is 7. The number of ether oxygens (including phenoxy) is 1. The lowest BCUT2D eigenvalue weighted by atomic mass is 9.98. The second kappa shape index (κ2) is 9.88. The monoisotopic (exact) mass is 460 g/mol. The van der Waals surface area contributed by atoms with Crippen LogP contribution in [0.2, 0.25) is 5.02 Å². The summed E-state index contributed by atoms with van der Waals surface area (Å²) in [5.74, 6) is -1.68. The third-order valence-electron chi connectivity index (χ3n) is 4.66. The largest absolute Gasteiger partial charge is 0.452 e. The van der Waals surface area contributed by atoms with Crippen molar-refractivity contribution in [3.8, 4) is 5.69 Å². The number of anilines is 1. The highest BCUT2D eigenvalue weighted by molar-refractivity contribution is 6.31. The van der Waals surface area contributed by atoms with Crippen molar-refractivity contribution < 1.29 is 19.1 Å². The van der Waals surface area contributed by atoms with E-state index in [1.165, 1.54) is 23.4 Å². The molecule has 1 N–H and O–H groups in total. The third kappa shape index (κ3) is 5.13. The Morgan fingerprint density at radius 1 is 0.939 bits per heavy atom. The maximum Gasteiger partial charge on any atom is 0.339 e. The van der Waals surface area contributed by atoms with Crippen molar-refractivity contribution in [1.29, 1.82) is 0 Å². The van der Waals surface area contributed by atoms with Gasteiger partial charge < -0.3 is 10.1 Å². The molecule has 0 unspecified atom stereocenters. The molecule has 0 saturated carbocycles. The van der Waals surface area contributed by atoms with Crippen LogP contribution in [0.15, 0.2) is 85.5 Å². The fraction of sp³-hybridized carbons (Fsp3) is 0.0417. The summed E-state index contributed by atoms with van der Waals surface area (Å²) in [5.41, 5.74) is 1.61. The first-order valence-corrected chi connectivity index (χ1v) is 10.2. The molecule has 0 atom stereocenters. The number of benzene rings is 3. The predicted octanol–water partition coefficient (Wildman–Crippen LogP) is 3.95. The summed E-state index contributed by atoms with van der Waals surface area (Å²) in [5, 5.41) is 7.10. The van der Waals surface area contributed by atoms with Crippen LogP contribution < -0.4 is 5.32 Å². The molecule has 0 bridgehead atoms. The second-order valence-electron chi connectivity index (χ2n) is 6.87. The molecule has 0 aliphatic carbocycles. The lowest BCUT2D eigenvalue weighted by molar-refractivity contribution is -0.119. The highest BCUT2D eigenvalue weighted by atomic mass is 35.5. The van der Waals surface area contributed by atoms with Crippen LogP contribution in [0.25, 0.3) is 5.69 Å². The van der Waals surface area contributed by atoms with Gasteiger partial charge in [-0.15, -0.1) is 0 Å². The van der Waals surface area contributed by atoms with Gasteiger partial charge in [0.25, 0.3) is 5.91 Å². The Kier molecular flexibility index (Phi) is 6.56. The number of esters is 1. The van der Waals surface area contributed by atoms with Crippen LogP contribution in [0, 0.1) is 0 Å². The van der Waals surface area contributed by atoms with Gasteiger partial charge in [-0.2, -0.15) is 5.10 Å². The number of carbonyl (C=O) groups excluding carboxylic acids is 3. The molecule has 9 heteroatoms. The minimum Gasteiger partial charge on any atom is -0.452 e. The average molecular weight is 461 g/mol. The van der Waals surface area contributed by atoms with Gasteiger partial charge in [0.2, 0.25) is 0 Å². The number of hydrogen-bond donors (Lipinski definition) is 1. The number of hydrogen-bond acceptors (Lipinski definition) is 6. The van der Waals surface area contributed by atoms with E-state index in [0.717, 1.165) is 0 Å². The van der Waals surface area contributed by atoms with Crippen LogP contribution in [0.1, 0.15) is 26.3 Å². The number of amides is 1. The summed E-state index contributed by atoms with van der Waals surface area (Å²) in [6.45, 7) is -0.560. The molecule has 0 radical (unpaired) electrons. The first-order chi connectivity index (χ1) is 16.0. The SMILES string of the molecule is O=C(COC(=O)c1ccccc1C(=O)c1ccccc1)Nc1cc(Cl)ccc1-n1cncn1. The summed E-state index contributed by atoms with van der Waals surface area (Å²) in [4.78, 5) is 41.9. The zero-order chi connectivity index (χ0) is 23.2. The summed E-state index contributed by atoms with van der Waals surface area (Å²) in [7, 11) is 0. The molecule has 4 rings (SSSR count). The number of nitrogens with one attached hydrogen (secondary N) is 1. The zero-order valence-corrected chi connectivity index (χ0v) is 17.9. The van der Waals surface area contributed by atoms with E-state index in [2.05, 4.69) is 15.4 Å². The van der Waals surface area contributed by atoms with Crippen LogP contribution in [0.5, 0.6) is 0 Å². The molecular weight excluding hydrogens is 444 g/mol. The van der Waals surface area contributed by atoms with Gasteiger partial charge in [-0.1, -0.05) is 60.1 Å². The van der Waals surface area contributed by atoms with Crippen LogP contribution in [-0.2, 0) is 9.53 Å². The lowest BCUT2D eigenvalue weighted by Crippen LogP contribution is -2.22. The van der Waals surface area contributed by atoms with Crippen molar-refractivity contribution in [2.75, 3.05) is 11.9 Å². The average Bonchev–Trinajstić information content (AvgIpc) is 3.37. The highest BCUT2D eigenvalue weighted by Crippen LogP contribution is 2.24. The molecule has 0 aliphatic heterocycles. The molecule has 0 aliphatic rings. The number of aromatic nitrogens is 3. The van der Waals surface area contributed by atoms with Crippen molar-refractivity contribution >= 4 is 34.9 Å². The lowest BCUT2D eigenvalue weighted by Gasteiger charge is -2.12. The van der Waals surface area contributed by atoms with E-state index in [4.69, 9.17) is 16.3 Å². The molecule has 1 amide bonds. The topological polar surface area (TPSA) is 103 Å². The fourth-order valence-electron chi connectivity index (χ4n) is 3.14. The quantitative estimate of drug-likeness (QED) is 0.331. The van der Waals surface area contributed by atoms with Gasteiger partial charge in [0, 0.05) is 16.1 Å². The zero-order valence-electron chi connectivity index (χ0n) is 17.1. The molecule has 33 heavy (non-hydrogen) atoms. The molecule has 0 spiro atoms. The number of ketones is 1. The number of halogens is 1. The van der Waals surface area contributed by atoms with Crippen molar-refractivity contribution in [3.05, 3.63) is 107 Å². The maximum absolute atomic E-state index is 12.8. The first kappa shape index (κ1) is 21.9. The Morgan fingerprint density at radius 3 is 2.39 bits per heavy atom. The van der Waals surface area contributed by atoms with E-state index in [9.17, 15) is 14.4 Å². The highest BCUT2D eigenvalue weighted by Gasteiger charge is 2.20. The molecule has 4 aromatic rings. The minimum absolute atomic E-state index is 0.0743. The van der Waals surface area contributed by atoms with E-state index < -0.39 is 18.5 Å². The molecule has 1 aromatic heterocycles. The fourth-order valence-corrected chi connectivity index (χ4v) is 3.31. The van der Waals surface area contributed by atoms with Gasteiger partial charge >= 0.3 is 5.97 Å². The molecular formula is C24H17ClN4O4. The normalized spacial score (nSPS) is 10.5. The minimum atomic E-state index is -0.785. The Morgan fingerprint density at radius 2 is 1.67 bits per heavy atom. The van der Waals surface area contributed by atoms with Crippen LogP contribution in [0.3, 0.4) is 0 Å². The van der Waals surface area contributed by atoms with Crippen molar-refractivity contribution in [2.45, 2.75) is 0 Å². The van der Waals surface area contributed by atoms with E-state index in [1.807, 2.05) is 0 Å². The van der Waals surface area contributed by atoms with E-state index in [0.29, 0.717) is 22.0 Å². The maximum atomic E-state index is 12.8. The molecule has 1 heterocycles. The first-order valence-electron chi connectivity index (χ1n) is 9.83. The van der Waals surface area contributed by atoms with Crippen LogP contribution in [0.4, 0.5) is 5.69 Å². The predicted molar refractivity (Wildman–Crippen MR) is 122 cm³/mol. The molecule has 3 aromatic carbocycles. The molecule has 164 valence electrons. The molecule has 0 saturated heterocycles. The second-order valence-corrected chi connectivity index (χ2v) is 7.30. The smallest absolute Gasteiger partial charge is 0.339 e. The van der Waals surface area contributed by atoms with E-state index in [-0.39, 0.29) is 16.9 Å². The van der Waals surface area contributed by atoms with Gasteiger partial charge in [0.05, 0.1) is 16.9 Å². The Balaban J connectivity index is 1.46. The summed E-state index contributed by atoms with van der Waals surface area (Å²) >= 11 is 6.05. The van der Waals surface area contributed by atoms with Crippen molar-refractivity contribution in [2.24, 2.45) is 0 Å². The van der Waals surface area contributed by atoms with Crippen molar-refractivity contribution in [3.63, 3.8) is 0 Å². The third-order valence-corrected chi connectivity index (χ3v) is 4.90. The van der Waals surface area contributed by atoms with Gasteiger partial charge in [-0.05, 0) is 24.3 Å². The van der Waals surface area contributed by atoms with Gasteiger partial charge in [0.15, 0.2) is 12.4 Å². The van der Waals surface area contributed by atoms with Gasteiger partial charge in [-0.3, -0.25) is 9.59 Å². The Labute approximate surface area is 193 Å². The van der Waals surface area contributed by atoms with E-state index in [1.54, 1.807) is 66.7 Å². The van der Waals surface area contributed by atoms with Crippen LogP contribution in [-0.4, -0.2) is 39.0 Å². The number of nitrogens with zero attached hydrogens (tertiary/aromatic N) is 3. The Bertz CT molecular complexity index is 1310. The van der Waals surface area contributed by atoms with E-state index >= 15 is 0 Å². The summed E-state index contributed by atoms with van der Waals surface area (Å²) < 4.78 is 6.64. The van der Waals surface area contributed by atoms with Crippen molar-refractivity contribution in [1.82, 2.24) is 14.8 Å². The molecule has 8 nitrogen and oxygen atoms in total. The van der Waals surface area contributed by atoms with Gasteiger partial charge in [0.1, 0.15) is 12.7 Å². The van der Waals surface area contributed by atoms with Gasteiger partial charge in [-0.25, -0.2) is 14.5 Å².